The Kier molecular flexibility index (Phi) is 4.90. The van der Waals surface area contributed by atoms with Crippen molar-refractivity contribution in [3.63, 3.8) is 0 Å². The Hall–Kier alpha value is -1.96. The summed E-state index contributed by atoms with van der Waals surface area (Å²) in [6, 6.07) is -0.329. The van der Waals surface area contributed by atoms with Gasteiger partial charge in [0.25, 0.3) is 0 Å². The number of aryl methyl sites for hydroxylation is 2. The second kappa shape index (κ2) is 7.08. The van der Waals surface area contributed by atoms with Crippen LogP contribution in [0.15, 0.2) is 4.42 Å². The number of carbonyl (C=O) groups excluding carboxylic acids is 1. The molecule has 7 nitrogen and oxygen atoms in total. The van der Waals surface area contributed by atoms with Crippen LogP contribution >= 0.6 is 11.3 Å². The normalized spacial score (nSPS) is 15.6. The smallest absolute Gasteiger partial charge is 0.321 e. The molecular formula is C15H21N5O2S. The lowest BCUT2D eigenvalue weighted by Gasteiger charge is -2.18. The summed E-state index contributed by atoms with van der Waals surface area (Å²) in [7, 11) is 0. The third-order valence-corrected chi connectivity index (χ3v) is 5.09. The number of aromatic nitrogens is 3. The summed E-state index contributed by atoms with van der Waals surface area (Å²) in [5.41, 5.74) is 0.837. The molecule has 2 heterocycles. The maximum atomic E-state index is 11.9. The van der Waals surface area contributed by atoms with Gasteiger partial charge < -0.3 is 9.73 Å². The van der Waals surface area contributed by atoms with Gasteiger partial charge in [0.1, 0.15) is 10.8 Å². The number of oxazole rings is 1. The van der Waals surface area contributed by atoms with Gasteiger partial charge in [0.15, 0.2) is 0 Å². The molecule has 0 unspecified atom stereocenters. The quantitative estimate of drug-likeness (QED) is 0.892. The molecule has 0 bridgehead atoms. The zero-order chi connectivity index (χ0) is 16.2. The molecule has 0 atom stereocenters. The van der Waals surface area contributed by atoms with Crippen molar-refractivity contribution in [2.45, 2.75) is 58.4 Å². The highest BCUT2D eigenvalue weighted by atomic mass is 32.1. The fraction of sp³-hybridized carbons (Fsp3) is 0.600. The Morgan fingerprint density at radius 3 is 2.74 bits per heavy atom. The van der Waals surface area contributed by atoms with Gasteiger partial charge in [-0.25, -0.2) is 9.78 Å². The number of nitrogens with zero attached hydrogens (tertiary/aromatic N) is 3. The summed E-state index contributed by atoms with van der Waals surface area (Å²) < 4.78 is 5.42. The van der Waals surface area contributed by atoms with Crippen LogP contribution in [-0.2, 0) is 6.54 Å². The summed E-state index contributed by atoms with van der Waals surface area (Å²) in [6.45, 7) is 3.96. The van der Waals surface area contributed by atoms with Crippen molar-refractivity contribution in [2.24, 2.45) is 0 Å². The maximum Gasteiger partial charge on any atom is 0.321 e. The molecule has 0 spiro atoms. The largest absolute Gasteiger partial charge is 0.444 e. The van der Waals surface area contributed by atoms with Gasteiger partial charge in [-0.2, -0.15) is 0 Å². The molecule has 2 amide bonds. The topological polar surface area (TPSA) is 92.9 Å². The van der Waals surface area contributed by atoms with Crippen LogP contribution in [0.1, 0.15) is 60.4 Å². The SMILES string of the molecule is Cc1nc(CNC(=O)Nc2nnc(C3CCCCC3)s2)oc1C. The number of hydrogen-bond donors (Lipinski definition) is 2. The highest BCUT2D eigenvalue weighted by Crippen LogP contribution is 2.35. The first kappa shape index (κ1) is 15.9. The number of anilines is 1. The molecule has 2 N–H and O–H groups in total. The zero-order valence-electron chi connectivity index (χ0n) is 13.4. The minimum absolute atomic E-state index is 0.245. The highest BCUT2D eigenvalue weighted by Gasteiger charge is 2.20. The summed E-state index contributed by atoms with van der Waals surface area (Å²) >= 11 is 1.46. The van der Waals surface area contributed by atoms with Crippen LogP contribution in [0.4, 0.5) is 9.93 Å². The Balaban J connectivity index is 1.50. The maximum absolute atomic E-state index is 11.9. The van der Waals surface area contributed by atoms with Crippen molar-refractivity contribution in [1.82, 2.24) is 20.5 Å². The molecule has 0 aromatic carbocycles. The Morgan fingerprint density at radius 1 is 1.26 bits per heavy atom. The lowest BCUT2D eigenvalue weighted by molar-refractivity contribution is 0.250. The molecular weight excluding hydrogens is 314 g/mol. The fourth-order valence-corrected chi connectivity index (χ4v) is 3.62. The first-order valence-corrected chi connectivity index (χ1v) is 8.74. The van der Waals surface area contributed by atoms with Gasteiger partial charge in [-0.05, 0) is 26.7 Å². The predicted octanol–water partition coefficient (Wildman–Crippen LogP) is 3.51. The number of carbonyl (C=O) groups is 1. The Labute approximate surface area is 138 Å². The zero-order valence-corrected chi connectivity index (χ0v) is 14.2. The average Bonchev–Trinajstić information content (AvgIpc) is 3.13. The molecule has 1 aliphatic carbocycles. The minimum atomic E-state index is -0.329. The summed E-state index contributed by atoms with van der Waals surface area (Å²) in [4.78, 5) is 16.1. The molecule has 0 radical (unpaired) electrons. The lowest BCUT2D eigenvalue weighted by Crippen LogP contribution is -2.28. The van der Waals surface area contributed by atoms with Gasteiger partial charge in [-0.1, -0.05) is 30.6 Å². The monoisotopic (exact) mass is 335 g/mol. The Bertz CT molecular complexity index is 656. The van der Waals surface area contributed by atoms with E-state index >= 15 is 0 Å². The van der Waals surface area contributed by atoms with Gasteiger partial charge in [0.2, 0.25) is 11.0 Å². The van der Waals surface area contributed by atoms with Crippen molar-refractivity contribution in [1.29, 1.82) is 0 Å². The van der Waals surface area contributed by atoms with E-state index in [1.165, 1.54) is 43.4 Å². The molecule has 1 aliphatic rings. The third-order valence-electron chi connectivity index (χ3n) is 4.09. The van der Waals surface area contributed by atoms with Crippen molar-refractivity contribution in [3.05, 3.63) is 22.4 Å². The molecule has 23 heavy (non-hydrogen) atoms. The molecule has 0 aliphatic heterocycles. The Morgan fingerprint density at radius 2 is 2.04 bits per heavy atom. The van der Waals surface area contributed by atoms with E-state index in [4.69, 9.17) is 4.42 Å². The van der Waals surface area contributed by atoms with E-state index < -0.39 is 0 Å². The number of hydrogen-bond acceptors (Lipinski definition) is 6. The van der Waals surface area contributed by atoms with E-state index in [0.717, 1.165) is 16.5 Å². The van der Waals surface area contributed by atoms with Gasteiger partial charge in [0.05, 0.1) is 12.2 Å². The minimum Gasteiger partial charge on any atom is -0.444 e. The van der Waals surface area contributed by atoms with Crippen LogP contribution in [0.3, 0.4) is 0 Å². The van der Waals surface area contributed by atoms with Crippen LogP contribution in [-0.4, -0.2) is 21.2 Å². The molecule has 2 aromatic heterocycles. The number of amides is 2. The third kappa shape index (κ3) is 4.07. The van der Waals surface area contributed by atoms with E-state index in [9.17, 15) is 4.79 Å². The predicted molar refractivity (Wildman–Crippen MR) is 87.6 cm³/mol. The van der Waals surface area contributed by atoms with Crippen LogP contribution in [0, 0.1) is 13.8 Å². The van der Waals surface area contributed by atoms with E-state index in [0.29, 0.717) is 16.9 Å². The van der Waals surface area contributed by atoms with Crippen LogP contribution in [0.5, 0.6) is 0 Å². The van der Waals surface area contributed by atoms with E-state index in [1.807, 2.05) is 13.8 Å². The molecule has 1 fully saturated rings. The molecule has 8 heteroatoms. The van der Waals surface area contributed by atoms with E-state index in [1.54, 1.807) is 0 Å². The molecule has 1 saturated carbocycles. The second-order valence-electron chi connectivity index (χ2n) is 5.84. The summed E-state index contributed by atoms with van der Waals surface area (Å²) in [5, 5.41) is 15.3. The number of rotatable bonds is 4. The van der Waals surface area contributed by atoms with Gasteiger partial charge in [-0.15, -0.1) is 10.2 Å². The second-order valence-corrected chi connectivity index (χ2v) is 6.85. The van der Waals surface area contributed by atoms with E-state index in [2.05, 4.69) is 25.8 Å². The van der Waals surface area contributed by atoms with Gasteiger partial charge >= 0.3 is 6.03 Å². The first-order valence-electron chi connectivity index (χ1n) is 7.93. The fourth-order valence-electron chi connectivity index (χ4n) is 2.71. The molecule has 0 saturated heterocycles. The van der Waals surface area contributed by atoms with Crippen LogP contribution in [0.25, 0.3) is 0 Å². The highest BCUT2D eigenvalue weighted by molar-refractivity contribution is 7.15. The molecule has 2 aromatic rings. The van der Waals surface area contributed by atoms with Crippen molar-refractivity contribution >= 4 is 22.5 Å². The standard InChI is InChI=1S/C15H21N5O2S/c1-9-10(2)22-12(17-9)8-16-14(21)18-15-20-19-13(23-15)11-6-4-3-5-7-11/h11H,3-8H2,1-2H3,(H2,16,18,20,21). The summed E-state index contributed by atoms with van der Waals surface area (Å²) in [5.74, 6) is 1.76. The van der Waals surface area contributed by atoms with Crippen molar-refractivity contribution < 1.29 is 9.21 Å². The number of nitrogens with one attached hydrogen (secondary N) is 2. The number of urea groups is 1. The van der Waals surface area contributed by atoms with Crippen molar-refractivity contribution in [2.75, 3.05) is 5.32 Å². The first-order chi connectivity index (χ1) is 11.1. The van der Waals surface area contributed by atoms with Gasteiger partial charge in [0, 0.05) is 5.92 Å². The summed E-state index contributed by atoms with van der Waals surface area (Å²) in [6.07, 6.45) is 6.15. The van der Waals surface area contributed by atoms with E-state index in [-0.39, 0.29) is 12.6 Å². The van der Waals surface area contributed by atoms with Crippen LogP contribution in [0.2, 0.25) is 0 Å². The van der Waals surface area contributed by atoms with Gasteiger partial charge in [-0.3, -0.25) is 5.32 Å². The van der Waals surface area contributed by atoms with Crippen molar-refractivity contribution in [3.8, 4) is 0 Å². The average molecular weight is 335 g/mol. The lowest BCUT2D eigenvalue weighted by atomic mass is 9.90. The molecule has 3 rings (SSSR count). The van der Waals surface area contributed by atoms with Crippen LogP contribution < -0.4 is 10.6 Å². The molecule has 124 valence electrons.